The van der Waals surface area contributed by atoms with Crippen molar-refractivity contribution < 1.29 is 19.1 Å². The lowest BCUT2D eigenvalue weighted by Gasteiger charge is -2.37. The minimum Gasteiger partial charge on any atom is -0.491 e. The van der Waals surface area contributed by atoms with E-state index in [0.29, 0.717) is 26.2 Å². The predicted molar refractivity (Wildman–Crippen MR) is 362 cm³/mol. The van der Waals surface area contributed by atoms with Crippen LogP contribution in [0.2, 0.25) is 0 Å². The van der Waals surface area contributed by atoms with E-state index in [-0.39, 0.29) is 30.6 Å². The first-order chi connectivity index (χ1) is 44.5. The molecule has 2 aliphatic heterocycles. The molecule has 0 aliphatic carbocycles. The van der Waals surface area contributed by atoms with E-state index in [1.165, 1.54) is 0 Å². The quantitative estimate of drug-likeness (QED) is 0.0931. The van der Waals surface area contributed by atoms with Crippen molar-refractivity contribution in [1.82, 2.24) is 39.7 Å². The summed E-state index contributed by atoms with van der Waals surface area (Å²) in [7, 11) is 1.84. The number of hydrogen-bond donors (Lipinski definition) is 1. The van der Waals surface area contributed by atoms with E-state index >= 15 is 0 Å². The van der Waals surface area contributed by atoms with Gasteiger partial charge in [-0.15, -0.1) is 0 Å². The highest BCUT2D eigenvalue weighted by Crippen LogP contribution is 2.47. The molecular weight excluding hydrogens is 1130 g/mol. The fourth-order valence-corrected chi connectivity index (χ4v) is 12.9. The Balaban J connectivity index is 0.000000167. The van der Waals surface area contributed by atoms with Crippen LogP contribution >= 0.6 is 0 Å². The monoisotopic (exact) mass is 1200 g/mol. The number of benzene rings is 8. The van der Waals surface area contributed by atoms with Crippen molar-refractivity contribution in [3.8, 4) is 34.0 Å². The average Bonchev–Trinajstić information content (AvgIpc) is 1.68. The lowest BCUT2D eigenvalue weighted by Crippen LogP contribution is -2.48. The Hall–Kier alpha value is -10.9. The molecule has 0 radical (unpaired) electrons. The fraction of sp³-hybridized carbons (Fsp3) is 0.195. The second-order valence-electron chi connectivity index (χ2n) is 23.6. The fourth-order valence-electron chi connectivity index (χ4n) is 12.9. The molecule has 6 heterocycles. The van der Waals surface area contributed by atoms with Crippen LogP contribution in [0.25, 0.3) is 44.3 Å². The summed E-state index contributed by atoms with van der Waals surface area (Å²) in [6.07, 6.45) is 3.66. The van der Waals surface area contributed by atoms with E-state index in [4.69, 9.17) is 19.7 Å². The standard InChI is InChI=1S/C39H37N5O2.C38H35N5O2/c1-28(2)46-33-19-20-35-34(26-33)38(29-21-22-40-36(25-29)43-24-23-42(3)37(45)27-43)41-44(35)39(30-13-7-4-8-14-30,31-15-9-5-10-16-31)32-17-11-6-12-18-32;1-27(2)45-32-18-19-34-33(25-32)37(28-20-21-39-35(24-28)42-23-22-40-36(44)26-42)41-43(34)38(29-12-6-3-7-13-29,30-14-8-4-9-15-30)31-16-10-5-11-17-31/h4-22,25-26,28H,23-24,27H2,1-3H3;3-21,24-25,27H,22-23,26H2,1-2H3,(H,40,44). The summed E-state index contributed by atoms with van der Waals surface area (Å²) in [5.41, 5.74) is 10.4. The van der Waals surface area contributed by atoms with E-state index in [2.05, 4.69) is 201 Å². The maximum absolute atomic E-state index is 12.6. The van der Waals surface area contributed by atoms with Crippen LogP contribution in [-0.4, -0.2) is 105 Å². The van der Waals surface area contributed by atoms with Crippen molar-refractivity contribution >= 4 is 45.3 Å². The molecule has 12 aromatic rings. The van der Waals surface area contributed by atoms with Gasteiger partial charge in [-0.1, -0.05) is 182 Å². The van der Waals surface area contributed by atoms with E-state index in [9.17, 15) is 9.59 Å². The molecule has 4 aromatic heterocycles. The van der Waals surface area contributed by atoms with Crippen LogP contribution in [0, 0.1) is 0 Å². The summed E-state index contributed by atoms with van der Waals surface area (Å²) < 4.78 is 16.7. The molecule has 0 unspecified atom stereocenters. The molecule has 0 bridgehead atoms. The molecule has 14 rings (SSSR count). The van der Waals surface area contributed by atoms with Crippen LogP contribution in [0.5, 0.6) is 11.5 Å². The molecule has 0 spiro atoms. The van der Waals surface area contributed by atoms with Gasteiger partial charge in [0.2, 0.25) is 11.8 Å². The number of nitrogens with one attached hydrogen (secondary N) is 1. The third-order valence-corrected chi connectivity index (χ3v) is 17.0. The first kappa shape index (κ1) is 59.1. The Morgan fingerprint density at radius 2 is 0.791 bits per heavy atom. The number of carbonyl (C=O) groups excluding carboxylic acids is 2. The highest BCUT2D eigenvalue weighted by atomic mass is 16.5. The van der Waals surface area contributed by atoms with Gasteiger partial charge in [0.1, 0.15) is 45.6 Å². The summed E-state index contributed by atoms with van der Waals surface area (Å²) in [6, 6.07) is 84.0. The molecule has 454 valence electrons. The van der Waals surface area contributed by atoms with Crippen LogP contribution in [0.1, 0.15) is 61.1 Å². The van der Waals surface area contributed by atoms with Gasteiger partial charge in [0.15, 0.2) is 0 Å². The third kappa shape index (κ3) is 11.5. The number of hydrogen-bond acceptors (Lipinski definition) is 10. The third-order valence-electron chi connectivity index (χ3n) is 17.0. The number of rotatable bonds is 16. The molecule has 1 N–H and O–H groups in total. The van der Waals surface area contributed by atoms with Crippen molar-refractivity contribution in [3.63, 3.8) is 0 Å². The molecule has 91 heavy (non-hydrogen) atoms. The molecule has 2 fully saturated rings. The summed E-state index contributed by atoms with van der Waals surface area (Å²) in [4.78, 5) is 39.9. The minimum absolute atomic E-state index is 0.00276. The topological polar surface area (TPSA) is 136 Å². The lowest BCUT2D eigenvalue weighted by atomic mass is 9.77. The highest BCUT2D eigenvalue weighted by Gasteiger charge is 2.43. The number of aromatic nitrogens is 6. The Kier molecular flexibility index (Phi) is 16.7. The number of carbonyl (C=O) groups is 2. The normalized spacial score (nSPS) is 13.8. The zero-order valence-corrected chi connectivity index (χ0v) is 51.8. The van der Waals surface area contributed by atoms with Crippen molar-refractivity contribution in [2.45, 2.75) is 51.0 Å². The Morgan fingerprint density at radius 1 is 0.429 bits per heavy atom. The average molecular weight is 1200 g/mol. The first-order valence-corrected chi connectivity index (χ1v) is 31.2. The molecule has 2 saturated heterocycles. The van der Waals surface area contributed by atoms with Crippen molar-refractivity contribution in [3.05, 3.63) is 288 Å². The Bertz CT molecular complexity index is 4290. The van der Waals surface area contributed by atoms with Crippen LogP contribution in [-0.2, 0) is 20.7 Å². The lowest BCUT2D eigenvalue weighted by molar-refractivity contribution is -0.129. The number of ether oxygens (including phenoxy) is 2. The second-order valence-corrected chi connectivity index (χ2v) is 23.6. The van der Waals surface area contributed by atoms with Gasteiger partial charge in [-0.3, -0.25) is 9.59 Å². The maximum Gasteiger partial charge on any atom is 0.241 e. The molecule has 14 heteroatoms. The zero-order valence-electron chi connectivity index (χ0n) is 51.8. The Labute approximate surface area is 531 Å². The van der Waals surface area contributed by atoms with Gasteiger partial charge in [0.25, 0.3) is 0 Å². The molecule has 0 atom stereocenters. The molecular formula is C77H72N10O4. The van der Waals surface area contributed by atoms with E-state index in [0.717, 1.165) is 107 Å². The van der Waals surface area contributed by atoms with Crippen LogP contribution in [0.15, 0.2) is 255 Å². The number of nitrogens with zero attached hydrogens (tertiary/aromatic N) is 9. The smallest absolute Gasteiger partial charge is 0.241 e. The van der Waals surface area contributed by atoms with Gasteiger partial charge in [0, 0.05) is 67.5 Å². The van der Waals surface area contributed by atoms with Crippen molar-refractivity contribution in [2.24, 2.45) is 0 Å². The van der Waals surface area contributed by atoms with Gasteiger partial charge >= 0.3 is 0 Å². The van der Waals surface area contributed by atoms with Crippen LogP contribution < -0.4 is 24.6 Å². The van der Waals surface area contributed by atoms with Crippen molar-refractivity contribution in [2.75, 3.05) is 56.1 Å². The number of likely N-dealkylation sites (N-methyl/N-ethyl adjacent to an activating group) is 1. The van der Waals surface area contributed by atoms with Gasteiger partial charge < -0.3 is 29.5 Å². The van der Waals surface area contributed by atoms with E-state index < -0.39 is 11.1 Å². The van der Waals surface area contributed by atoms with Crippen LogP contribution in [0.3, 0.4) is 0 Å². The number of fused-ring (bicyclic) bond motifs is 2. The zero-order chi connectivity index (χ0) is 62.5. The molecule has 2 aliphatic rings. The number of pyridine rings is 2. The van der Waals surface area contributed by atoms with Gasteiger partial charge in [-0.05, 0) is 122 Å². The van der Waals surface area contributed by atoms with E-state index in [1.54, 1.807) is 11.1 Å². The number of anilines is 2. The maximum atomic E-state index is 12.6. The predicted octanol–water partition coefficient (Wildman–Crippen LogP) is 13.7. The molecule has 0 saturated carbocycles. The largest absolute Gasteiger partial charge is 0.491 e. The highest BCUT2D eigenvalue weighted by molar-refractivity contribution is 5.97. The SMILES string of the molecule is CC(C)Oc1ccc2c(c1)c(-c1ccnc(N3CCN(C)C(=O)C3)c1)nn2C(c1ccccc1)(c1ccccc1)c1ccccc1.CC(C)Oc1ccc2c(c1)c(-c1ccnc(N3CCNC(=O)C3)c1)nn2C(c1ccccc1)(c1ccccc1)c1ccccc1. The summed E-state index contributed by atoms with van der Waals surface area (Å²) in [5.74, 6) is 3.16. The van der Waals surface area contributed by atoms with Gasteiger partial charge in [-0.2, -0.15) is 10.2 Å². The van der Waals surface area contributed by atoms with Crippen LogP contribution in [0.4, 0.5) is 11.6 Å². The van der Waals surface area contributed by atoms with E-state index in [1.807, 2.05) is 117 Å². The molecule has 14 nitrogen and oxygen atoms in total. The second kappa shape index (κ2) is 25.7. The minimum atomic E-state index is -0.791. The first-order valence-electron chi connectivity index (χ1n) is 31.2. The summed E-state index contributed by atoms with van der Waals surface area (Å²) >= 11 is 0. The molecule has 2 amide bonds. The summed E-state index contributed by atoms with van der Waals surface area (Å²) in [5, 5.41) is 15.9. The van der Waals surface area contributed by atoms with Gasteiger partial charge in [0.05, 0.1) is 36.3 Å². The van der Waals surface area contributed by atoms with Gasteiger partial charge in [-0.25, -0.2) is 19.3 Å². The van der Waals surface area contributed by atoms with Crippen molar-refractivity contribution in [1.29, 1.82) is 0 Å². The number of piperazine rings is 2. The molecule has 8 aromatic carbocycles. The Morgan fingerprint density at radius 3 is 1.13 bits per heavy atom. The number of amides is 2. The summed E-state index contributed by atoms with van der Waals surface area (Å²) in [6.45, 7) is 11.4.